The zero-order valence-electron chi connectivity index (χ0n) is 10.4. The molecule has 1 aromatic rings. The van der Waals surface area contributed by atoms with E-state index in [-0.39, 0.29) is 5.92 Å². The Balaban J connectivity index is 3.27. The molecular formula is C12H12FN3O2S. The quantitative estimate of drug-likeness (QED) is 0.905. The van der Waals surface area contributed by atoms with Crippen LogP contribution >= 0.6 is 0 Å². The molecule has 19 heavy (non-hydrogen) atoms. The molecule has 0 radical (unpaired) electrons. The number of hydrogen-bond donors (Lipinski definition) is 1. The summed E-state index contributed by atoms with van der Waals surface area (Å²) in [7, 11) is -4.12. The Kier molecular flexibility index (Phi) is 4.60. The smallest absolute Gasteiger partial charge is 0.207 e. The van der Waals surface area contributed by atoms with E-state index in [9.17, 15) is 12.8 Å². The molecular weight excluding hydrogens is 269 g/mol. The Bertz CT molecular complexity index is 657. The van der Waals surface area contributed by atoms with Gasteiger partial charge in [0.25, 0.3) is 0 Å². The number of nitrogens with one attached hydrogen (secondary N) is 1. The van der Waals surface area contributed by atoms with Crippen LogP contribution in [0.15, 0.2) is 23.1 Å². The van der Waals surface area contributed by atoms with Crippen molar-refractivity contribution < 1.29 is 12.8 Å². The Labute approximate surface area is 111 Å². The monoisotopic (exact) mass is 281 g/mol. The zero-order chi connectivity index (χ0) is 14.6. The van der Waals surface area contributed by atoms with E-state index in [4.69, 9.17) is 10.5 Å². The van der Waals surface area contributed by atoms with E-state index >= 15 is 0 Å². The van der Waals surface area contributed by atoms with Gasteiger partial charge in [-0.1, -0.05) is 19.9 Å². The van der Waals surface area contributed by atoms with Crippen molar-refractivity contribution in [1.82, 2.24) is 4.72 Å². The third kappa shape index (κ3) is 3.28. The van der Waals surface area contributed by atoms with Crippen LogP contribution in [0.25, 0.3) is 0 Å². The highest BCUT2D eigenvalue weighted by Gasteiger charge is 2.25. The molecule has 0 heterocycles. The maximum absolute atomic E-state index is 13.4. The van der Waals surface area contributed by atoms with Crippen LogP contribution in [0.1, 0.15) is 19.4 Å². The first kappa shape index (κ1) is 15.1. The highest BCUT2D eigenvalue weighted by molar-refractivity contribution is 7.89. The van der Waals surface area contributed by atoms with Crippen molar-refractivity contribution >= 4 is 10.0 Å². The van der Waals surface area contributed by atoms with Crippen molar-refractivity contribution in [1.29, 1.82) is 10.5 Å². The molecule has 0 aliphatic rings. The molecule has 0 amide bonds. The molecule has 5 nitrogen and oxygen atoms in total. The highest BCUT2D eigenvalue weighted by atomic mass is 32.2. The summed E-state index contributed by atoms with van der Waals surface area (Å²) in [5, 5.41) is 17.7. The summed E-state index contributed by atoms with van der Waals surface area (Å²) in [5.41, 5.74) is -0.560. The van der Waals surface area contributed by atoms with E-state index < -0.39 is 32.3 Å². The predicted octanol–water partition coefficient (Wildman–Crippen LogP) is 1.52. The van der Waals surface area contributed by atoms with E-state index in [0.29, 0.717) is 0 Å². The summed E-state index contributed by atoms with van der Waals surface area (Å²) in [6.45, 7) is 3.35. The first-order chi connectivity index (χ1) is 8.83. The largest absolute Gasteiger partial charge is 0.243 e. The van der Waals surface area contributed by atoms with E-state index in [2.05, 4.69) is 4.72 Å². The standard InChI is InChI=1S/C12H12FN3O2S/c1-8(2)11(7-15)16-19(17,18)12-5-3-4-10(13)9(12)6-14/h3-5,8,11,16H,1-2H3. The van der Waals surface area contributed by atoms with Crippen LogP contribution in [0.3, 0.4) is 0 Å². The summed E-state index contributed by atoms with van der Waals surface area (Å²) >= 11 is 0. The van der Waals surface area contributed by atoms with Gasteiger partial charge in [-0.25, -0.2) is 12.8 Å². The van der Waals surface area contributed by atoms with Gasteiger partial charge in [0.2, 0.25) is 10.0 Å². The maximum atomic E-state index is 13.4. The Morgan fingerprint density at radius 3 is 2.42 bits per heavy atom. The van der Waals surface area contributed by atoms with Crippen LogP contribution in [-0.2, 0) is 10.0 Å². The lowest BCUT2D eigenvalue weighted by Gasteiger charge is -2.15. The van der Waals surface area contributed by atoms with Gasteiger partial charge in [-0.3, -0.25) is 0 Å². The molecule has 0 saturated carbocycles. The van der Waals surface area contributed by atoms with E-state index in [1.807, 2.05) is 6.07 Å². The molecule has 1 atom stereocenters. The average molecular weight is 281 g/mol. The van der Waals surface area contributed by atoms with Gasteiger partial charge in [-0.05, 0) is 18.1 Å². The number of sulfonamides is 1. The summed E-state index contributed by atoms with van der Waals surface area (Å²) < 4.78 is 39.6. The van der Waals surface area contributed by atoms with Crippen molar-refractivity contribution in [3.63, 3.8) is 0 Å². The van der Waals surface area contributed by atoms with Gasteiger partial charge in [0.15, 0.2) is 0 Å². The molecule has 0 aliphatic heterocycles. The van der Waals surface area contributed by atoms with Crippen LogP contribution < -0.4 is 4.72 Å². The first-order valence-corrected chi connectivity index (χ1v) is 6.92. The second kappa shape index (κ2) is 5.79. The number of rotatable bonds is 4. The van der Waals surface area contributed by atoms with E-state index in [1.54, 1.807) is 13.8 Å². The van der Waals surface area contributed by atoms with Gasteiger partial charge in [0.05, 0.1) is 6.07 Å². The van der Waals surface area contributed by atoms with Crippen LogP contribution in [0, 0.1) is 34.4 Å². The highest BCUT2D eigenvalue weighted by Crippen LogP contribution is 2.18. The minimum atomic E-state index is -4.12. The minimum Gasteiger partial charge on any atom is -0.207 e. The van der Waals surface area contributed by atoms with Gasteiger partial charge in [-0.2, -0.15) is 15.2 Å². The third-order valence-electron chi connectivity index (χ3n) is 2.46. The van der Waals surface area contributed by atoms with Crippen LogP contribution in [0.5, 0.6) is 0 Å². The van der Waals surface area contributed by atoms with Crippen molar-refractivity contribution in [3.8, 4) is 12.1 Å². The number of nitriles is 2. The fourth-order valence-corrected chi connectivity index (χ4v) is 2.83. The summed E-state index contributed by atoms with van der Waals surface area (Å²) in [4.78, 5) is -0.462. The van der Waals surface area contributed by atoms with Gasteiger partial charge < -0.3 is 0 Å². The second-order valence-corrected chi connectivity index (χ2v) is 5.88. The van der Waals surface area contributed by atoms with Crippen LogP contribution in [0.2, 0.25) is 0 Å². The summed E-state index contributed by atoms with van der Waals surface area (Å²) in [6.07, 6.45) is 0. The minimum absolute atomic E-state index is 0.251. The summed E-state index contributed by atoms with van der Waals surface area (Å²) in [5.74, 6) is -1.16. The Morgan fingerprint density at radius 2 is 1.95 bits per heavy atom. The number of nitrogens with zero attached hydrogens (tertiary/aromatic N) is 2. The number of halogens is 1. The fraction of sp³-hybridized carbons (Fsp3) is 0.333. The molecule has 0 spiro atoms. The van der Waals surface area contributed by atoms with Gasteiger partial charge in [0.1, 0.15) is 28.4 Å². The molecule has 0 fully saturated rings. The third-order valence-corrected chi connectivity index (χ3v) is 3.95. The topological polar surface area (TPSA) is 93.8 Å². The van der Waals surface area contributed by atoms with Crippen molar-refractivity contribution in [2.24, 2.45) is 5.92 Å². The molecule has 7 heteroatoms. The Morgan fingerprint density at radius 1 is 1.32 bits per heavy atom. The van der Waals surface area contributed by atoms with Gasteiger partial charge in [-0.15, -0.1) is 0 Å². The van der Waals surface area contributed by atoms with Crippen molar-refractivity contribution in [2.45, 2.75) is 24.8 Å². The molecule has 100 valence electrons. The molecule has 1 unspecified atom stereocenters. The second-order valence-electron chi connectivity index (χ2n) is 4.20. The van der Waals surface area contributed by atoms with Crippen molar-refractivity contribution in [2.75, 3.05) is 0 Å². The van der Waals surface area contributed by atoms with E-state index in [1.165, 1.54) is 12.1 Å². The van der Waals surface area contributed by atoms with Crippen LogP contribution in [0.4, 0.5) is 4.39 Å². The fourth-order valence-electron chi connectivity index (χ4n) is 1.38. The molecule has 1 N–H and O–H groups in total. The lowest BCUT2D eigenvalue weighted by atomic mass is 10.1. The van der Waals surface area contributed by atoms with Crippen molar-refractivity contribution in [3.05, 3.63) is 29.6 Å². The lowest BCUT2D eigenvalue weighted by molar-refractivity contribution is 0.514. The predicted molar refractivity (Wildman–Crippen MR) is 65.7 cm³/mol. The molecule has 0 aliphatic carbocycles. The lowest BCUT2D eigenvalue weighted by Crippen LogP contribution is -2.37. The zero-order valence-corrected chi connectivity index (χ0v) is 11.2. The SMILES string of the molecule is CC(C)C(C#N)NS(=O)(=O)c1cccc(F)c1C#N. The molecule has 0 aromatic heterocycles. The molecule has 0 bridgehead atoms. The van der Waals surface area contributed by atoms with Gasteiger partial charge in [0, 0.05) is 0 Å². The molecule has 0 saturated heterocycles. The number of hydrogen-bond acceptors (Lipinski definition) is 4. The van der Waals surface area contributed by atoms with Crippen LogP contribution in [-0.4, -0.2) is 14.5 Å². The average Bonchev–Trinajstić information content (AvgIpc) is 2.35. The maximum Gasteiger partial charge on any atom is 0.243 e. The number of benzene rings is 1. The molecule has 1 aromatic carbocycles. The Hall–Kier alpha value is -1.96. The summed E-state index contributed by atoms with van der Waals surface area (Å²) in [6, 6.07) is 5.70. The molecule has 1 rings (SSSR count). The first-order valence-electron chi connectivity index (χ1n) is 5.44. The van der Waals surface area contributed by atoms with Gasteiger partial charge >= 0.3 is 0 Å². The normalized spacial score (nSPS) is 12.7. The van der Waals surface area contributed by atoms with E-state index in [0.717, 1.165) is 12.1 Å².